The zero-order valence-corrected chi connectivity index (χ0v) is 16.1. The molecular weight excluding hydrogens is 413 g/mol. The summed E-state index contributed by atoms with van der Waals surface area (Å²) in [6.07, 6.45) is 0. The molecule has 1 heterocycles. The van der Waals surface area contributed by atoms with Crippen LogP contribution in [0.2, 0.25) is 5.02 Å². The highest BCUT2D eigenvalue weighted by atomic mass is 35.5. The summed E-state index contributed by atoms with van der Waals surface area (Å²) in [7, 11) is -2.78. The average molecular weight is 428 g/mol. The predicted octanol–water partition coefficient (Wildman–Crippen LogP) is 2.07. The molecule has 11 heteroatoms. The van der Waals surface area contributed by atoms with E-state index in [9.17, 15) is 22.4 Å². The second-order valence-electron chi connectivity index (χ2n) is 5.93. The molecule has 0 spiro atoms. The topological polar surface area (TPSA) is 105 Å². The number of hydrogen-bond donors (Lipinski definition) is 2. The van der Waals surface area contributed by atoms with Gasteiger partial charge in [-0.25, -0.2) is 12.8 Å². The molecule has 0 saturated heterocycles. The third kappa shape index (κ3) is 4.24. The molecule has 3 rings (SSSR count). The molecule has 0 radical (unpaired) electrons. The zero-order chi connectivity index (χ0) is 20.5. The first-order valence-corrected chi connectivity index (χ1v) is 9.76. The summed E-state index contributed by atoms with van der Waals surface area (Å²) >= 11 is 5.65. The van der Waals surface area contributed by atoms with Crippen LogP contribution < -0.4 is 15.4 Å². The summed E-state index contributed by atoms with van der Waals surface area (Å²) in [6.45, 7) is -0.635. The lowest BCUT2D eigenvalue weighted by Gasteiger charge is -2.21. The van der Waals surface area contributed by atoms with E-state index < -0.39 is 34.2 Å². The average Bonchev–Trinajstić information content (AvgIpc) is 2.64. The predicted molar refractivity (Wildman–Crippen MR) is 100 cm³/mol. The van der Waals surface area contributed by atoms with E-state index in [4.69, 9.17) is 16.3 Å². The quantitative estimate of drug-likeness (QED) is 0.760. The highest BCUT2D eigenvalue weighted by Gasteiger charge is 2.26. The minimum absolute atomic E-state index is 0.114. The molecule has 0 aliphatic carbocycles. The van der Waals surface area contributed by atoms with Gasteiger partial charge in [-0.15, -0.1) is 0 Å². The second kappa shape index (κ2) is 7.74. The summed E-state index contributed by atoms with van der Waals surface area (Å²) in [5.74, 6) is -1.31. The monoisotopic (exact) mass is 427 g/mol. The first-order valence-electron chi connectivity index (χ1n) is 7.95. The molecule has 0 saturated carbocycles. The Labute approximate surface area is 165 Å². The van der Waals surface area contributed by atoms with E-state index in [0.717, 1.165) is 10.4 Å². The van der Waals surface area contributed by atoms with Crippen molar-refractivity contribution in [3.63, 3.8) is 0 Å². The molecule has 0 unspecified atom stereocenters. The van der Waals surface area contributed by atoms with Crippen LogP contribution in [0.1, 0.15) is 0 Å². The lowest BCUT2D eigenvalue weighted by Crippen LogP contribution is -2.35. The lowest BCUT2D eigenvalue weighted by atomic mass is 10.2. The van der Waals surface area contributed by atoms with Crippen LogP contribution in [0.5, 0.6) is 5.75 Å². The number of ether oxygens (including phenoxy) is 1. The Kier molecular flexibility index (Phi) is 5.54. The molecule has 2 amide bonds. The van der Waals surface area contributed by atoms with Crippen molar-refractivity contribution in [2.24, 2.45) is 0 Å². The van der Waals surface area contributed by atoms with Crippen LogP contribution in [0.3, 0.4) is 0 Å². The molecule has 2 aromatic rings. The number of hydrogen-bond acceptors (Lipinski definition) is 5. The highest BCUT2D eigenvalue weighted by Crippen LogP contribution is 2.31. The Bertz CT molecular complexity index is 1060. The van der Waals surface area contributed by atoms with Gasteiger partial charge in [0.1, 0.15) is 11.6 Å². The fourth-order valence-electron chi connectivity index (χ4n) is 2.46. The summed E-state index contributed by atoms with van der Waals surface area (Å²) < 4.78 is 44.6. The van der Waals surface area contributed by atoms with Crippen molar-refractivity contribution in [1.82, 2.24) is 4.31 Å². The van der Waals surface area contributed by atoms with E-state index in [1.165, 1.54) is 37.4 Å². The van der Waals surface area contributed by atoms with Crippen molar-refractivity contribution in [1.29, 1.82) is 0 Å². The number of rotatable bonds is 5. The van der Waals surface area contributed by atoms with Crippen LogP contribution in [0, 0.1) is 5.82 Å². The number of fused-ring (bicyclic) bond motifs is 1. The van der Waals surface area contributed by atoms with Crippen LogP contribution in [-0.4, -0.2) is 44.7 Å². The molecule has 28 heavy (non-hydrogen) atoms. The molecule has 8 nitrogen and oxygen atoms in total. The molecular formula is C17H15ClFN3O5S. The number of carbonyl (C=O) groups excluding carboxylic acids is 2. The van der Waals surface area contributed by atoms with Gasteiger partial charge in [0.2, 0.25) is 15.9 Å². The van der Waals surface area contributed by atoms with Crippen LogP contribution in [0.15, 0.2) is 41.3 Å². The van der Waals surface area contributed by atoms with Gasteiger partial charge in [0, 0.05) is 12.7 Å². The Balaban J connectivity index is 1.73. The number of carbonyl (C=O) groups is 2. The molecule has 1 aliphatic heterocycles. The van der Waals surface area contributed by atoms with Crippen LogP contribution in [0.25, 0.3) is 0 Å². The lowest BCUT2D eigenvalue weighted by molar-refractivity contribution is -0.118. The van der Waals surface area contributed by atoms with Gasteiger partial charge < -0.3 is 15.4 Å². The van der Waals surface area contributed by atoms with E-state index in [2.05, 4.69) is 10.6 Å². The molecule has 0 fully saturated rings. The number of nitrogens with zero attached hydrogens (tertiary/aromatic N) is 1. The van der Waals surface area contributed by atoms with E-state index in [1.807, 2.05) is 0 Å². The minimum atomic E-state index is -4.01. The molecule has 148 valence electrons. The summed E-state index contributed by atoms with van der Waals surface area (Å²) in [5, 5.41) is 4.80. The summed E-state index contributed by atoms with van der Waals surface area (Å²) in [6, 6.07) is 7.61. The van der Waals surface area contributed by atoms with Crippen molar-refractivity contribution in [2.75, 3.05) is 30.8 Å². The Morgan fingerprint density at radius 2 is 2.07 bits per heavy atom. The first-order chi connectivity index (χ1) is 13.2. The SMILES string of the molecule is CN(CC(=O)Nc1ccc(F)c(Cl)c1)S(=O)(=O)c1ccc2c(c1)NC(=O)CO2. The number of amides is 2. The standard InChI is InChI=1S/C17H15ClFN3O5S/c1-22(8-16(23)20-10-2-4-13(19)12(18)6-10)28(25,26)11-3-5-15-14(7-11)21-17(24)9-27-15/h2-7H,8-9H2,1H3,(H,20,23)(H,21,24). The molecule has 0 bridgehead atoms. The van der Waals surface area contributed by atoms with Crippen molar-refractivity contribution in [3.8, 4) is 5.75 Å². The highest BCUT2D eigenvalue weighted by molar-refractivity contribution is 7.89. The molecule has 2 N–H and O–H groups in total. The van der Waals surface area contributed by atoms with Crippen molar-refractivity contribution in [3.05, 3.63) is 47.2 Å². The fraction of sp³-hybridized carbons (Fsp3) is 0.176. The molecule has 1 aliphatic rings. The second-order valence-corrected chi connectivity index (χ2v) is 8.39. The van der Waals surface area contributed by atoms with Gasteiger partial charge in [-0.3, -0.25) is 9.59 Å². The van der Waals surface area contributed by atoms with Gasteiger partial charge in [-0.2, -0.15) is 4.31 Å². The van der Waals surface area contributed by atoms with Crippen molar-refractivity contribution < 1.29 is 27.1 Å². The van der Waals surface area contributed by atoms with Crippen molar-refractivity contribution in [2.45, 2.75) is 4.90 Å². The van der Waals surface area contributed by atoms with E-state index in [0.29, 0.717) is 5.75 Å². The minimum Gasteiger partial charge on any atom is -0.482 e. The normalized spacial score (nSPS) is 13.5. The maximum atomic E-state index is 13.2. The van der Waals surface area contributed by atoms with E-state index in [-0.39, 0.29) is 27.9 Å². The number of anilines is 2. The van der Waals surface area contributed by atoms with E-state index >= 15 is 0 Å². The third-order valence-electron chi connectivity index (χ3n) is 3.86. The Morgan fingerprint density at radius 1 is 1.32 bits per heavy atom. The summed E-state index contributed by atoms with van der Waals surface area (Å²) in [5.41, 5.74) is 0.465. The fourth-order valence-corrected chi connectivity index (χ4v) is 3.80. The molecule has 2 aromatic carbocycles. The van der Waals surface area contributed by atoms with Gasteiger partial charge in [0.25, 0.3) is 5.91 Å². The van der Waals surface area contributed by atoms with Gasteiger partial charge in [0.05, 0.1) is 22.2 Å². The summed E-state index contributed by atoms with van der Waals surface area (Å²) in [4.78, 5) is 23.4. The van der Waals surface area contributed by atoms with E-state index in [1.54, 1.807) is 0 Å². The van der Waals surface area contributed by atoms with Gasteiger partial charge >= 0.3 is 0 Å². The maximum absolute atomic E-state index is 13.2. The largest absolute Gasteiger partial charge is 0.482 e. The number of halogens is 2. The first kappa shape index (κ1) is 20.1. The number of benzene rings is 2. The number of sulfonamides is 1. The molecule has 0 atom stereocenters. The Morgan fingerprint density at radius 3 is 2.79 bits per heavy atom. The van der Waals surface area contributed by atoms with Crippen molar-refractivity contribution >= 4 is 44.8 Å². The number of nitrogens with one attached hydrogen (secondary N) is 2. The van der Waals surface area contributed by atoms with Crippen LogP contribution in [-0.2, 0) is 19.6 Å². The van der Waals surface area contributed by atoms with Gasteiger partial charge in [0.15, 0.2) is 6.61 Å². The maximum Gasteiger partial charge on any atom is 0.262 e. The van der Waals surface area contributed by atoms with Crippen LogP contribution in [0.4, 0.5) is 15.8 Å². The smallest absolute Gasteiger partial charge is 0.262 e. The number of likely N-dealkylation sites (N-methyl/N-ethyl adjacent to an activating group) is 1. The van der Waals surface area contributed by atoms with Gasteiger partial charge in [-0.1, -0.05) is 11.6 Å². The third-order valence-corrected chi connectivity index (χ3v) is 5.95. The zero-order valence-electron chi connectivity index (χ0n) is 14.5. The van der Waals surface area contributed by atoms with Gasteiger partial charge in [-0.05, 0) is 36.4 Å². The van der Waals surface area contributed by atoms with Crippen LogP contribution >= 0.6 is 11.6 Å². The Hall–Kier alpha value is -2.69. The molecule has 0 aromatic heterocycles.